The van der Waals surface area contributed by atoms with Crippen molar-refractivity contribution < 1.29 is 0 Å². The quantitative estimate of drug-likeness (QED) is 0.338. The van der Waals surface area contributed by atoms with Gasteiger partial charge in [-0.25, -0.2) is 0 Å². The van der Waals surface area contributed by atoms with E-state index in [1.165, 1.54) is 109 Å². The second-order valence-electron chi connectivity index (χ2n) is 11.9. The molecule has 0 atom stereocenters. The SMILES string of the molecule is c1ccc(P(C2CCCCC2)C2CCCCC2)c(CP(C2CCCCC2)C2CCCCC2)c1. The smallest absolute Gasteiger partial charge is 0.00618 e. The first kappa shape index (κ1) is 24.8. The van der Waals surface area contributed by atoms with Crippen LogP contribution in [-0.2, 0) is 6.16 Å². The Morgan fingerprint density at radius 3 is 1.33 bits per heavy atom. The monoisotopic (exact) mass is 484 g/mol. The first-order chi connectivity index (χ1) is 16.4. The maximum atomic E-state index is 2.65. The van der Waals surface area contributed by atoms with Crippen molar-refractivity contribution in [2.45, 2.75) is 157 Å². The summed E-state index contributed by atoms with van der Waals surface area (Å²) in [6.45, 7) is 0. The van der Waals surface area contributed by atoms with Crippen LogP contribution in [-0.4, -0.2) is 22.6 Å². The van der Waals surface area contributed by atoms with Crippen LogP contribution in [0.2, 0.25) is 0 Å². The molecule has 1 aromatic rings. The van der Waals surface area contributed by atoms with Gasteiger partial charge < -0.3 is 0 Å². The van der Waals surface area contributed by atoms with Gasteiger partial charge in [-0.2, -0.15) is 0 Å². The molecular formula is C31H50P2. The van der Waals surface area contributed by atoms with Gasteiger partial charge in [-0.05, 0) is 91.0 Å². The zero-order chi connectivity index (χ0) is 22.3. The Morgan fingerprint density at radius 1 is 0.485 bits per heavy atom. The average molecular weight is 485 g/mol. The van der Waals surface area contributed by atoms with Crippen LogP contribution in [0.4, 0.5) is 0 Å². The van der Waals surface area contributed by atoms with Gasteiger partial charge in [0.2, 0.25) is 0 Å². The molecule has 0 unspecified atom stereocenters. The highest BCUT2D eigenvalue weighted by Crippen LogP contribution is 2.60. The van der Waals surface area contributed by atoms with E-state index in [1.54, 1.807) is 25.7 Å². The molecule has 0 saturated heterocycles. The minimum Gasteiger partial charge on any atom is -0.0958 e. The minimum atomic E-state index is 0.0320. The molecule has 4 aliphatic carbocycles. The number of hydrogen-bond acceptors (Lipinski definition) is 0. The molecule has 0 spiro atoms. The Morgan fingerprint density at radius 2 is 0.879 bits per heavy atom. The van der Waals surface area contributed by atoms with Crippen LogP contribution < -0.4 is 5.30 Å². The van der Waals surface area contributed by atoms with Gasteiger partial charge in [0.05, 0.1) is 0 Å². The Hall–Kier alpha value is 0.0800. The number of rotatable bonds is 7. The Bertz CT molecular complexity index is 655. The predicted octanol–water partition coefficient (Wildman–Crippen LogP) is 10.1. The summed E-state index contributed by atoms with van der Waals surface area (Å²) in [5.74, 6) is 0. The van der Waals surface area contributed by atoms with Crippen molar-refractivity contribution in [3.63, 3.8) is 0 Å². The second kappa shape index (κ2) is 12.9. The lowest BCUT2D eigenvalue weighted by molar-refractivity contribution is 0.484. The predicted molar refractivity (Wildman–Crippen MR) is 151 cm³/mol. The van der Waals surface area contributed by atoms with Gasteiger partial charge in [-0.3, -0.25) is 0 Å². The molecule has 0 heterocycles. The molecule has 0 N–H and O–H groups in total. The van der Waals surface area contributed by atoms with Crippen LogP contribution in [0.1, 0.15) is 134 Å². The maximum absolute atomic E-state index is 2.65. The molecule has 0 amide bonds. The Kier molecular flexibility index (Phi) is 9.65. The van der Waals surface area contributed by atoms with Gasteiger partial charge in [0, 0.05) is 0 Å². The van der Waals surface area contributed by atoms with Crippen molar-refractivity contribution in [2.24, 2.45) is 0 Å². The van der Waals surface area contributed by atoms with Crippen LogP contribution in [0.15, 0.2) is 24.3 Å². The van der Waals surface area contributed by atoms with Crippen molar-refractivity contribution in [1.82, 2.24) is 0 Å². The van der Waals surface area contributed by atoms with Gasteiger partial charge in [0.1, 0.15) is 0 Å². The molecule has 1 aromatic carbocycles. The first-order valence-electron chi connectivity index (χ1n) is 15.0. The van der Waals surface area contributed by atoms with Gasteiger partial charge in [0.25, 0.3) is 0 Å². The van der Waals surface area contributed by atoms with Crippen molar-refractivity contribution in [2.75, 3.05) is 0 Å². The molecule has 0 aliphatic heterocycles. The van der Waals surface area contributed by atoms with Crippen LogP contribution in [0.25, 0.3) is 0 Å². The Balaban J connectivity index is 1.43. The molecule has 2 heteroatoms. The van der Waals surface area contributed by atoms with Crippen molar-refractivity contribution in [1.29, 1.82) is 0 Å². The van der Waals surface area contributed by atoms with Crippen molar-refractivity contribution in [3.8, 4) is 0 Å². The lowest BCUT2D eigenvalue weighted by Gasteiger charge is -2.42. The topological polar surface area (TPSA) is 0 Å². The maximum Gasteiger partial charge on any atom is -0.00618 e. The largest absolute Gasteiger partial charge is 0.0958 e. The van der Waals surface area contributed by atoms with E-state index >= 15 is 0 Å². The molecule has 4 aliphatic rings. The lowest BCUT2D eigenvalue weighted by atomic mass is 9.99. The standard InChI is InChI=1S/C31H50P2/c1-5-16-27(17-6-1)32(28-18-7-2-8-19-28)25-26-15-13-14-24-31(26)33(29-20-9-3-10-21-29)30-22-11-4-12-23-30/h13-15,24,27-30H,1-12,16-23,25H2. The summed E-state index contributed by atoms with van der Waals surface area (Å²) in [6, 6.07) is 10.1. The van der Waals surface area contributed by atoms with Crippen LogP contribution in [0, 0.1) is 0 Å². The average Bonchev–Trinajstić information content (AvgIpc) is 2.90. The first-order valence-corrected chi connectivity index (χ1v) is 18.2. The summed E-state index contributed by atoms with van der Waals surface area (Å²) in [4.78, 5) is 0. The molecule has 4 fully saturated rings. The molecule has 0 radical (unpaired) electrons. The third-order valence-corrected chi connectivity index (χ3v) is 16.9. The fourth-order valence-corrected chi connectivity index (χ4v) is 15.8. The van der Waals surface area contributed by atoms with E-state index in [-0.39, 0.29) is 15.8 Å². The summed E-state index contributed by atoms with van der Waals surface area (Å²) >= 11 is 0. The van der Waals surface area contributed by atoms with Gasteiger partial charge in [-0.15, -0.1) is 0 Å². The van der Waals surface area contributed by atoms with Crippen LogP contribution >= 0.6 is 15.8 Å². The highest BCUT2D eigenvalue weighted by Gasteiger charge is 2.35. The molecule has 184 valence electrons. The minimum absolute atomic E-state index is 0.0320. The van der Waals surface area contributed by atoms with E-state index in [0.29, 0.717) is 0 Å². The van der Waals surface area contributed by atoms with Gasteiger partial charge >= 0.3 is 0 Å². The summed E-state index contributed by atoms with van der Waals surface area (Å²) < 4.78 is 0. The molecule has 0 aromatic heterocycles. The van der Waals surface area contributed by atoms with E-state index in [1.807, 2.05) is 10.9 Å². The van der Waals surface area contributed by atoms with Crippen LogP contribution in [0.5, 0.6) is 0 Å². The van der Waals surface area contributed by atoms with E-state index in [9.17, 15) is 0 Å². The van der Waals surface area contributed by atoms with E-state index in [0.717, 1.165) is 22.6 Å². The molecule has 0 nitrogen and oxygen atoms in total. The molecular weight excluding hydrogens is 434 g/mol. The molecule has 5 rings (SSSR count). The normalized spacial score (nSPS) is 25.2. The summed E-state index contributed by atoms with van der Waals surface area (Å²) in [5.41, 5.74) is 6.09. The van der Waals surface area contributed by atoms with E-state index in [2.05, 4.69) is 24.3 Å². The van der Waals surface area contributed by atoms with Crippen molar-refractivity contribution in [3.05, 3.63) is 29.8 Å². The highest BCUT2D eigenvalue weighted by molar-refractivity contribution is 7.67. The summed E-state index contributed by atoms with van der Waals surface area (Å²) in [7, 11) is 0.193. The fourth-order valence-electron chi connectivity index (χ4n) is 7.88. The highest BCUT2D eigenvalue weighted by atomic mass is 31.1. The third kappa shape index (κ3) is 6.45. The second-order valence-corrected chi connectivity index (χ2v) is 17.4. The molecule has 0 bridgehead atoms. The fraction of sp³-hybridized carbons (Fsp3) is 0.806. The van der Waals surface area contributed by atoms with E-state index < -0.39 is 0 Å². The lowest BCUT2D eigenvalue weighted by Crippen LogP contribution is -2.28. The zero-order valence-corrected chi connectivity index (χ0v) is 23.2. The molecule has 33 heavy (non-hydrogen) atoms. The van der Waals surface area contributed by atoms with Gasteiger partial charge in [-0.1, -0.05) is 117 Å². The van der Waals surface area contributed by atoms with Crippen LogP contribution in [0.3, 0.4) is 0 Å². The van der Waals surface area contributed by atoms with E-state index in [4.69, 9.17) is 0 Å². The zero-order valence-electron chi connectivity index (χ0n) is 21.4. The van der Waals surface area contributed by atoms with Gasteiger partial charge in [0.15, 0.2) is 0 Å². The molecule has 4 saturated carbocycles. The summed E-state index contributed by atoms with van der Waals surface area (Å²) in [5, 5.41) is 1.91. The summed E-state index contributed by atoms with van der Waals surface area (Å²) in [6.07, 6.45) is 32.0. The number of hydrogen-bond donors (Lipinski definition) is 0. The Labute approximate surface area is 208 Å². The van der Waals surface area contributed by atoms with Crippen molar-refractivity contribution >= 4 is 21.1 Å². The third-order valence-electron chi connectivity index (χ3n) is 9.65. The number of benzene rings is 1.